The molecule has 3 heterocycles. The topological polar surface area (TPSA) is 76.7 Å². The van der Waals surface area contributed by atoms with Crippen LogP contribution in [0.3, 0.4) is 0 Å². The summed E-state index contributed by atoms with van der Waals surface area (Å²) in [6.45, 7) is 2.12. The summed E-state index contributed by atoms with van der Waals surface area (Å²) in [6, 6.07) is 3.89. The van der Waals surface area contributed by atoms with Gasteiger partial charge in [0.2, 0.25) is 0 Å². The van der Waals surface area contributed by atoms with Crippen LogP contribution in [0.15, 0.2) is 30.7 Å². The second-order valence-electron chi connectivity index (χ2n) is 4.80. The van der Waals surface area contributed by atoms with Crippen molar-refractivity contribution >= 4 is 5.82 Å². The van der Waals surface area contributed by atoms with E-state index < -0.39 is 0 Å². The summed E-state index contributed by atoms with van der Waals surface area (Å²) in [4.78, 5) is 12.8. The molecule has 2 aromatic heterocycles. The zero-order valence-electron chi connectivity index (χ0n) is 10.7. The quantitative estimate of drug-likeness (QED) is 0.852. The van der Waals surface area contributed by atoms with E-state index in [2.05, 4.69) is 26.3 Å². The fourth-order valence-electron chi connectivity index (χ4n) is 2.49. The predicted octanol–water partition coefficient (Wildman–Crippen LogP) is 1.59. The van der Waals surface area contributed by atoms with E-state index in [1.54, 1.807) is 18.5 Å². The van der Waals surface area contributed by atoms with Crippen molar-refractivity contribution in [3.05, 3.63) is 36.3 Å². The van der Waals surface area contributed by atoms with E-state index in [-0.39, 0.29) is 0 Å². The number of aromatic nitrogens is 3. The first-order valence-electron chi connectivity index (χ1n) is 6.58. The van der Waals surface area contributed by atoms with Crippen LogP contribution in [-0.4, -0.2) is 28.0 Å². The lowest BCUT2D eigenvalue weighted by molar-refractivity contribution is 0.460. The summed E-state index contributed by atoms with van der Waals surface area (Å²) < 4.78 is 0. The third-order valence-corrected chi connectivity index (χ3v) is 3.56. The molecule has 0 radical (unpaired) electrons. The van der Waals surface area contributed by atoms with Gasteiger partial charge in [0.05, 0.1) is 5.56 Å². The van der Waals surface area contributed by atoms with Gasteiger partial charge in [-0.25, -0.2) is 15.0 Å². The normalized spacial score (nSPS) is 16.4. The summed E-state index contributed by atoms with van der Waals surface area (Å²) in [5, 5.41) is 3.37. The highest BCUT2D eigenvalue weighted by molar-refractivity contribution is 5.68. The smallest absolute Gasteiger partial charge is 0.162 e. The summed E-state index contributed by atoms with van der Waals surface area (Å²) in [7, 11) is 0. The van der Waals surface area contributed by atoms with Crippen molar-refractivity contribution in [1.29, 1.82) is 0 Å². The maximum atomic E-state index is 5.95. The fourth-order valence-corrected chi connectivity index (χ4v) is 2.49. The molecular weight excluding hydrogens is 238 g/mol. The summed E-state index contributed by atoms with van der Waals surface area (Å²) in [6.07, 6.45) is 7.61. The average Bonchev–Trinajstić information content (AvgIpc) is 2.49. The number of piperidine rings is 1. The molecule has 0 aliphatic carbocycles. The van der Waals surface area contributed by atoms with Crippen LogP contribution in [0.25, 0.3) is 11.4 Å². The Bertz CT molecular complexity index is 549. The Morgan fingerprint density at radius 2 is 1.84 bits per heavy atom. The van der Waals surface area contributed by atoms with E-state index in [0.717, 1.165) is 31.5 Å². The van der Waals surface area contributed by atoms with Crippen LogP contribution in [0.1, 0.15) is 24.3 Å². The van der Waals surface area contributed by atoms with E-state index in [4.69, 9.17) is 5.73 Å². The third-order valence-electron chi connectivity index (χ3n) is 3.56. The Balaban J connectivity index is 1.96. The van der Waals surface area contributed by atoms with Crippen molar-refractivity contribution in [3.8, 4) is 11.4 Å². The standard InChI is InChI=1S/C14H17N5/c15-13-12(14-17-4-1-5-18-14)8-11(9-19-13)10-2-6-16-7-3-10/h1,4-5,8-10,16H,2-3,6-7H2,(H2,15,19). The number of rotatable bonds is 2. The van der Waals surface area contributed by atoms with E-state index in [9.17, 15) is 0 Å². The van der Waals surface area contributed by atoms with E-state index in [1.165, 1.54) is 5.56 Å². The summed E-state index contributed by atoms with van der Waals surface area (Å²) in [5.74, 6) is 1.68. The molecule has 1 aliphatic rings. The minimum Gasteiger partial charge on any atom is -0.383 e. The van der Waals surface area contributed by atoms with Crippen LogP contribution >= 0.6 is 0 Å². The monoisotopic (exact) mass is 255 g/mol. The Labute approximate surface area is 112 Å². The first-order valence-corrected chi connectivity index (χ1v) is 6.58. The van der Waals surface area contributed by atoms with Gasteiger partial charge in [0.1, 0.15) is 5.82 Å². The molecule has 5 nitrogen and oxygen atoms in total. The minimum absolute atomic E-state index is 0.490. The van der Waals surface area contributed by atoms with Crippen LogP contribution in [0.2, 0.25) is 0 Å². The molecule has 3 N–H and O–H groups in total. The maximum absolute atomic E-state index is 5.95. The van der Waals surface area contributed by atoms with Crippen molar-refractivity contribution in [1.82, 2.24) is 20.3 Å². The molecule has 1 fully saturated rings. The van der Waals surface area contributed by atoms with E-state index in [1.807, 2.05) is 6.20 Å². The van der Waals surface area contributed by atoms with Crippen LogP contribution in [0, 0.1) is 0 Å². The molecule has 3 rings (SSSR count). The zero-order valence-corrected chi connectivity index (χ0v) is 10.7. The first-order chi connectivity index (χ1) is 9.34. The molecule has 19 heavy (non-hydrogen) atoms. The van der Waals surface area contributed by atoms with Crippen molar-refractivity contribution in [2.45, 2.75) is 18.8 Å². The zero-order chi connectivity index (χ0) is 13.1. The van der Waals surface area contributed by atoms with Gasteiger partial charge in [-0.1, -0.05) is 0 Å². The van der Waals surface area contributed by atoms with Gasteiger partial charge < -0.3 is 11.1 Å². The third kappa shape index (κ3) is 2.56. The number of nitrogens with zero attached hydrogens (tertiary/aromatic N) is 3. The molecule has 0 bridgehead atoms. The average molecular weight is 255 g/mol. The van der Waals surface area contributed by atoms with Gasteiger partial charge in [-0.05, 0) is 49.5 Å². The van der Waals surface area contributed by atoms with Gasteiger partial charge in [0.25, 0.3) is 0 Å². The van der Waals surface area contributed by atoms with Gasteiger partial charge >= 0.3 is 0 Å². The number of nitrogen functional groups attached to an aromatic ring is 1. The molecule has 1 saturated heterocycles. The minimum atomic E-state index is 0.490. The van der Waals surface area contributed by atoms with Crippen LogP contribution in [0.5, 0.6) is 0 Å². The van der Waals surface area contributed by atoms with Gasteiger partial charge in [0.15, 0.2) is 5.82 Å². The molecule has 2 aromatic rings. The molecule has 0 saturated carbocycles. The number of hydrogen-bond acceptors (Lipinski definition) is 5. The Morgan fingerprint density at radius 3 is 2.58 bits per heavy atom. The van der Waals surface area contributed by atoms with Crippen LogP contribution < -0.4 is 11.1 Å². The van der Waals surface area contributed by atoms with Crippen molar-refractivity contribution in [3.63, 3.8) is 0 Å². The predicted molar refractivity (Wildman–Crippen MR) is 74.5 cm³/mol. The highest BCUT2D eigenvalue weighted by atomic mass is 14.9. The lowest BCUT2D eigenvalue weighted by Crippen LogP contribution is -2.26. The Kier molecular flexibility index (Phi) is 3.37. The molecule has 0 amide bonds. The summed E-state index contributed by atoms with van der Waals surface area (Å²) >= 11 is 0. The molecule has 0 atom stereocenters. The molecule has 5 heteroatoms. The van der Waals surface area contributed by atoms with Gasteiger partial charge in [-0.15, -0.1) is 0 Å². The van der Waals surface area contributed by atoms with Crippen LogP contribution in [0.4, 0.5) is 5.82 Å². The second-order valence-corrected chi connectivity index (χ2v) is 4.80. The Morgan fingerprint density at radius 1 is 1.11 bits per heavy atom. The SMILES string of the molecule is Nc1ncc(C2CCNCC2)cc1-c1ncccn1. The largest absolute Gasteiger partial charge is 0.383 e. The van der Waals surface area contributed by atoms with Gasteiger partial charge in [-0.3, -0.25) is 0 Å². The van der Waals surface area contributed by atoms with Gasteiger partial charge in [0, 0.05) is 18.6 Å². The van der Waals surface area contributed by atoms with Crippen molar-refractivity contribution in [2.75, 3.05) is 18.8 Å². The molecule has 0 unspecified atom stereocenters. The molecule has 0 spiro atoms. The second kappa shape index (κ2) is 5.32. The van der Waals surface area contributed by atoms with E-state index in [0.29, 0.717) is 17.6 Å². The molecule has 0 aromatic carbocycles. The highest BCUT2D eigenvalue weighted by Crippen LogP contribution is 2.29. The number of nitrogens with two attached hydrogens (primary N) is 1. The van der Waals surface area contributed by atoms with Crippen LogP contribution in [-0.2, 0) is 0 Å². The first kappa shape index (κ1) is 12.0. The highest BCUT2D eigenvalue weighted by Gasteiger charge is 2.17. The lowest BCUT2D eigenvalue weighted by Gasteiger charge is -2.23. The maximum Gasteiger partial charge on any atom is 0.162 e. The number of anilines is 1. The molecular formula is C14H17N5. The fraction of sp³-hybridized carbons (Fsp3) is 0.357. The van der Waals surface area contributed by atoms with Crippen molar-refractivity contribution < 1.29 is 0 Å². The number of pyridine rings is 1. The number of hydrogen-bond donors (Lipinski definition) is 2. The van der Waals surface area contributed by atoms with Gasteiger partial charge in [-0.2, -0.15) is 0 Å². The summed E-state index contributed by atoms with van der Waals surface area (Å²) in [5.41, 5.74) is 8.01. The number of nitrogens with one attached hydrogen (secondary N) is 1. The lowest BCUT2D eigenvalue weighted by atomic mass is 9.90. The molecule has 1 aliphatic heterocycles. The van der Waals surface area contributed by atoms with Crippen molar-refractivity contribution in [2.24, 2.45) is 0 Å². The molecule has 98 valence electrons. The Hall–Kier alpha value is -2.01. The van der Waals surface area contributed by atoms with E-state index >= 15 is 0 Å².